The third kappa shape index (κ3) is 5.47. The van der Waals surface area contributed by atoms with Crippen molar-refractivity contribution < 1.29 is 9.53 Å². The molecular formula is C6H10O2. The van der Waals surface area contributed by atoms with Crippen molar-refractivity contribution in [1.29, 1.82) is 0 Å². The maximum absolute atomic E-state index is 10.0. The molecule has 8 heavy (non-hydrogen) atoms. The minimum absolute atomic E-state index is 0.453. The van der Waals surface area contributed by atoms with Crippen LogP contribution >= 0.6 is 0 Å². The van der Waals surface area contributed by atoms with Crippen LogP contribution in [0.2, 0.25) is 0 Å². The number of rotatable bonds is 0. The largest absolute Gasteiger partial charge is 0.460 e. The molecule has 0 atom stereocenters. The van der Waals surface area contributed by atoms with Crippen LogP contribution in [0, 0.1) is 6.92 Å². The van der Waals surface area contributed by atoms with E-state index in [4.69, 9.17) is 6.92 Å². The fourth-order valence-electron chi connectivity index (χ4n) is 0.302. The molecule has 0 rings (SSSR count). The number of carbonyl (C=O) groups excluding carboxylic acids is 1. The summed E-state index contributed by atoms with van der Waals surface area (Å²) in [5.74, 6) is -0.725. The van der Waals surface area contributed by atoms with E-state index in [2.05, 4.69) is 4.74 Å². The van der Waals surface area contributed by atoms with Gasteiger partial charge in [0.15, 0.2) is 0 Å². The Morgan fingerprint density at radius 1 is 1.50 bits per heavy atom. The summed E-state index contributed by atoms with van der Waals surface area (Å²) in [7, 11) is 0. The standard InChI is InChI=1S/C6H10O2/c1-5(7)8-6(2,3)4/h1H,2-4H3. The van der Waals surface area contributed by atoms with Gasteiger partial charge in [0.25, 0.3) is 0 Å². The molecule has 0 aliphatic rings. The van der Waals surface area contributed by atoms with Crippen molar-refractivity contribution in [2.45, 2.75) is 26.4 Å². The van der Waals surface area contributed by atoms with Gasteiger partial charge in [-0.1, -0.05) is 0 Å². The van der Waals surface area contributed by atoms with Crippen molar-refractivity contribution in [3.05, 3.63) is 6.92 Å². The summed E-state index contributed by atoms with van der Waals surface area (Å²) in [6, 6.07) is 0. The summed E-state index contributed by atoms with van der Waals surface area (Å²) in [6.45, 7) is 10.0. The maximum atomic E-state index is 10.0. The molecule has 2 radical (unpaired) electrons. The zero-order valence-electron chi connectivity index (χ0n) is 5.39. The molecule has 0 fully saturated rings. The number of hydrogen-bond acceptors (Lipinski definition) is 2. The molecule has 0 saturated carbocycles. The van der Waals surface area contributed by atoms with Gasteiger partial charge in [0.1, 0.15) is 5.60 Å². The van der Waals surface area contributed by atoms with Crippen LogP contribution in [-0.4, -0.2) is 11.6 Å². The normalized spacial score (nSPS) is 11.0. The predicted octanol–water partition coefficient (Wildman–Crippen LogP) is 1.04. The van der Waals surface area contributed by atoms with Crippen molar-refractivity contribution in [2.75, 3.05) is 0 Å². The average Bonchev–Trinajstić information content (AvgIpc) is 1.21. The lowest BCUT2D eigenvalue weighted by molar-refractivity contribution is -0.148. The van der Waals surface area contributed by atoms with E-state index in [1.807, 2.05) is 0 Å². The van der Waals surface area contributed by atoms with Gasteiger partial charge >= 0.3 is 5.97 Å². The van der Waals surface area contributed by atoms with Gasteiger partial charge in [0.2, 0.25) is 0 Å². The van der Waals surface area contributed by atoms with Gasteiger partial charge in [0.05, 0.1) is 6.92 Å². The van der Waals surface area contributed by atoms with Crippen LogP contribution in [0.5, 0.6) is 0 Å². The maximum Gasteiger partial charge on any atom is 0.311 e. The van der Waals surface area contributed by atoms with Crippen LogP contribution in [0.1, 0.15) is 20.8 Å². The first-order valence-corrected chi connectivity index (χ1v) is 2.40. The number of ether oxygens (including phenoxy) is 1. The molecule has 46 valence electrons. The molecule has 0 N–H and O–H groups in total. The molecule has 0 aromatic rings. The van der Waals surface area contributed by atoms with Crippen molar-refractivity contribution in [1.82, 2.24) is 0 Å². The van der Waals surface area contributed by atoms with E-state index in [9.17, 15) is 4.79 Å². The fourth-order valence-corrected chi connectivity index (χ4v) is 0.302. The Labute approximate surface area is 49.8 Å². The molecule has 0 heterocycles. The Hall–Kier alpha value is -0.530. The van der Waals surface area contributed by atoms with Crippen molar-refractivity contribution in [3.63, 3.8) is 0 Å². The second-order valence-corrected chi connectivity index (χ2v) is 2.53. The first-order valence-electron chi connectivity index (χ1n) is 2.40. The van der Waals surface area contributed by atoms with Crippen LogP contribution in [0.15, 0.2) is 0 Å². The van der Waals surface area contributed by atoms with Crippen LogP contribution in [-0.2, 0) is 9.53 Å². The Morgan fingerprint density at radius 3 is 1.88 bits per heavy atom. The van der Waals surface area contributed by atoms with Crippen molar-refractivity contribution in [2.24, 2.45) is 0 Å². The van der Waals surface area contributed by atoms with Gasteiger partial charge in [-0.3, -0.25) is 4.79 Å². The quantitative estimate of drug-likeness (QED) is 0.440. The predicted molar refractivity (Wildman–Crippen MR) is 30.1 cm³/mol. The zero-order valence-corrected chi connectivity index (χ0v) is 5.39. The van der Waals surface area contributed by atoms with E-state index in [1.54, 1.807) is 20.8 Å². The Morgan fingerprint density at radius 2 is 1.88 bits per heavy atom. The topological polar surface area (TPSA) is 26.3 Å². The zero-order chi connectivity index (χ0) is 6.78. The van der Waals surface area contributed by atoms with Gasteiger partial charge < -0.3 is 4.74 Å². The Balaban J connectivity index is 3.55. The molecule has 0 aliphatic carbocycles. The summed E-state index contributed by atoms with van der Waals surface area (Å²) < 4.78 is 4.58. The highest BCUT2D eigenvalue weighted by atomic mass is 16.6. The summed E-state index contributed by atoms with van der Waals surface area (Å²) in [5.41, 5.74) is -0.453. The minimum atomic E-state index is -0.725. The molecule has 0 aromatic carbocycles. The van der Waals surface area contributed by atoms with E-state index < -0.39 is 11.6 Å². The van der Waals surface area contributed by atoms with E-state index in [0.717, 1.165) is 0 Å². The Kier molecular flexibility index (Phi) is 2.02. The van der Waals surface area contributed by atoms with Crippen molar-refractivity contribution in [3.8, 4) is 0 Å². The lowest BCUT2D eigenvalue weighted by atomic mass is 10.2. The third-order valence-corrected chi connectivity index (χ3v) is 0.407. The lowest BCUT2D eigenvalue weighted by Gasteiger charge is -2.17. The van der Waals surface area contributed by atoms with Crippen molar-refractivity contribution >= 4 is 5.97 Å². The van der Waals surface area contributed by atoms with E-state index in [0.29, 0.717) is 0 Å². The molecule has 0 unspecified atom stereocenters. The number of carbonyl (C=O) groups is 1. The third-order valence-electron chi connectivity index (χ3n) is 0.407. The molecule has 2 heteroatoms. The fraction of sp³-hybridized carbons (Fsp3) is 0.667. The van der Waals surface area contributed by atoms with E-state index >= 15 is 0 Å². The Bertz CT molecular complexity index is 89.2. The van der Waals surface area contributed by atoms with Gasteiger partial charge in [0, 0.05) is 0 Å². The summed E-state index contributed by atoms with van der Waals surface area (Å²) >= 11 is 0. The van der Waals surface area contributed by atoms with Crippen LogP contribution in [0.4, 0.5) is 0 Å². The molecule has 0 aliphatic heterocycles. The summed E-state index contributed by atoms with van der Waals surface area (Å²) in [6.07, 6.45) is 0. The SMILES string of the molecule is [CH]C(=O)OC(C)(C)C. The molecule has 0 spiro atoms. The molecular weight excluding hydrogens is 104 g/mol. The molecule has 0 bridgehead atoms. The van der Waals surface area contributed by atoms with E-state index in [1.165, 1.54) is 0 Å². The van der Waals surface area contributed by atoms with Gasteiger partial charge in [-0.05, 0) is 20.8 Å². The molecule has 0 aromatic heterocycles. The first-order chi connectivity index (χ1) is 3.42. The number of hydrogen-bond donors (Lipinski definition) is 0. The number of esters is 1. The van der Waals surface area contributed by atoms with Gasteiger partial charge in [-0.15, -0.1) is 0 Å². The highest BCUT2D eigenvalue weighted by Gasteiger charge is 2.11. The lowest BCUT2D eigenvalue weighted by Crippen LogP contribution is -2.21. The monoisotopic (exact) mass is 114 g/mol. The minimum Gasteiger partial charge on any atom is -0.460 e. The second kappa shape index (κ2) is 2.16. The molecule has 0 saturated heterocycles. The summed E-state index contributed by atoms with van der Waals surface area (Å²) in [4.78, 5) is 10.0. The second-order valence-electron chi connectivity index (χ2n) is 2.53. The van der Waals surface area contributed by atoms with Gasteiger partial charge in [-0.2, -0.15) is 0 Å². The summed E-state index contributed by atoms with van der Waals surface area (Å²) in [5, 5.41) is 0. The van der Waals surface area contributed by atoms with E-state index in [-0.39, 0.29) is 0 Å². The first kappa shape index (κ1) is 7.47. The van der Waals surface area contributed by atoms with Gasteiger partial charge in [-0.25, -0.2) is 0 Å². The molecule has 0 amide bonds. The highest BCUT2D eigenvalue weighted by molar-refractivity contribution is 5.74. The van der Waals surface area contributed by atoms with Crippen LogP contribution < -0.4 is 0 Å². The highest BCUT2D eigenvalue weighted by Crippen LogP contribution is 2.05. The average molecular weight is 114 g/mol. The van der Waals surface area contributed by atoms with Crippen LogP contribution in [0.3, 0.4) is 0 Å². The molecule has 2 nitrogen and oxygen atoms in total. The van der Waals surface area contributed by atoms with Crippen LogP contribution in [0.25, 0.3) is 0 Å². The smallest absolute Gasteiger partial charge is 0.311 e.